The Morgan fingerprint density at radius 3 is 2.80 bits per heavy atom. The second kappa shape index (κ2) is 10.4. The number of pyridine rings is 1. The largest absolute Gasteiger partial charge is 0.455 e. The number of Topliss-reactive ketones (excluding diaryl/α,β-unsaturated/α-hetero) is 1. The molecule has 1 aliphatic heterocycles. The number of ketones is 1. The van der Waals surface area contributed by atoms with Crippen LogP contribution in [0.5, 0.6) is 0 Å². The molecule has 0 spiro atoms. The molecule has 3 aromatic rings. The summed E-state index contributed by atoms with van der Waals surface area (Å²) in [7, 11) is 0. The number of carbonyl (C=O) groups excluding carboxylic acids is 3. The first-order valence-corrected chi connectivity index (χ1v) is 10.8. The first-order chi connectivity index (χ1) is 16.8. The fraction of sp³-hybridized carbons (Fsp3) is 0.304. The van der Waals surface area contributed by atoms with Crippen molar-refractivity contribution in [1.29, 1.82) is 0 Å². The van der Waals surface area contributed by atoms with Gasteiger partial charge in [-0.1, -0.05) is 11.2 Å². The van der Waals surface area contributed by atoms with Crippen molar-refractivity contribution in [1.82, 2.24) is 15.1 Å². The van der Waals surface area contributed by atoms with E-state index in [4.69, 9.17) is 19.7 Å². The number of esters is 1. The molecule has 0 saturated carbocycles. The van der Waals surface area contributed by atoms with E-state index in [-0.39, 0.29) is 42.8 Å². The summed E-state index contributed by atoms with van der Waals surface area (Å²) in [6.45, 7) is 1.26. The molecule has 35 heavy (non-hydrogen) atoms. The molecule has 3 heterocycles. The smallest absolute Gasteiger partial charge is 0.414 e. The standard InChI is InChI=1S/C23H22FN5O6/c1-13(30)2-5-16-11-29(23(32)34-16)15-4-6-17(18(24)8-15)14-3-7-19(26-10-14)22-27-20(35-28-22)12-33-21(31)9-25/h3-4,6-8,10,16H,2,5,9,11-12,25H2,1H3/t16-/m0/s1. The maximum Gasteiger partial charge on any atom is 0.414 e. The number of nitrogens with zero attached hydrogens (tertiary/aromatic N) is 4. The van der Waals surface area contributed by atoms with Crippen LogP contribution in [-0.2, 0) is 25.7 Å². The summed E-state index contributed by atoms with van der Waals surface area (Å²) in [5.41, 5.74) is 6.69. The van der Waals surface area contributed by atoms with Gasteiger partial charge >= 0.3 is 12.1 Å². The Kier molecular flexibility index (Phi) is 7.11. The molecular weight excluding hydrogens is 461 g/mol. The van der Waals surface area contributed by atoms with Crippen LogP contribution in [0.15, 0.2) is 41.1 Å². The molecule has 4 rings (SSSR count). The third-order valence-electron chi connectivity index (χ3n) is 5.25. The Bertz CT molecular complexity index is 1250. The molecule has 0 aliphatic carbocycles. The van der Waals surface area contributed by atoms with E-state index < -0.39 is 24.0 Å². The van der Waals surface area contributed by atoms with Gasteiger partial charge in [0.25, 0.3) is 5.89 Å². The van der Waals surface area contributed by atoms with Crippen LogP contribution in [0.2, 0.25) is 0 Å². The number of amides is 1. The van der Waals surface area contributed by atoms with Gasteiger partial charge in [-0.05, 0) is 37.6 Å². The van der Waals surface area contributed by atoms with Gasteiger partial charge in [-0.25, -0.2) is 9.18 Å². The van der Waals surface area contributed by atoms with Crippen molar-refractivity contribution in [3.05, 3.63) is 48.2 Å². The van der Waals surface area contributed by atoms with E-state index in [1.54, 1.807) is 24.3 Å². The van der Waals surface area contributed by atoms with E-state index in [0.29, 0.717) is 29.8 Å². The van der Waals surface area contributed by atoms with Crippen LogP contribution in [-0.4, -0.2) is 52.2 Å². The van der Waals surface area contributed by atoms with Crippen molar-refractivity contribution < 1.29 is 32.8 Å². The number of rotatable bonds is 9. The van der Waals surface area contributed by atoms with E-state index in [1.807, 2.05) is 0 Å². The number of ether oxygens (including phenoxy) is 2. The second-order valence-electron chi connectivity index (χ2n) is 7.83. The monoisotopic (exact) mass is 483 g/mol. The summed E-state index contributed by atoms with van der Waals surface area (Å²) in [6, 6.07) is 7.67. The van der Waals surface area contributed by atoms with Gasteiger partial charge < -0.3 is 24.5 Å². The highest BCUT2D eigenvalue weighted by Gasteiger charge is 2.32. The summed E-state index contributed by atoms with van der Waals surface area (Å²) in [4.78, 5) is 44.2. The number of aromatic nitrogens is 3. The van der Waals surface area contributed by atoms with E-state index in [9.17, 15) is 18.8 Å². The predicted octanol–water partition coefficient (Wildman–Crippen LogP) is 2.63. The number of nitrogens with two attached hydrogens (primary N) is 1. The number of hydrogen-bond acceptors (Lipinski definition) is 10. The first-order valence-electron chi connectivity index (χ1n) is 10.8. The normalized spacial score (nSPS) is 15.2. The molecule has 2 aromatic heterocycles. The average Bonchev–Trinajstić information content (AvgIpc) is 3.48. The van der Waals surface area contributed by atoms with Crippen molar-refractivity contribution in [2.75, 3.05) is 18.0 Å². The lowest BCUT2D eigenvalue weighted by atomic mass is 10.1. The molecule has 12 heteroatoms. The van der Waals surface area contributed by atoms with Crippen LogP contribution in [0, 0.1) is 5.82 Å². The van der Waals surface area contributed by atoms with Crippen LogP contribution in [0.25, 0.3) is 22.6 Å². The Labute approximate surface area is 199 Å². The zero-order valence-electron chi connectivity index (χ0n) is 18.8. The van der Waals surface area contributed by atoms with Crippen molar-refractivity contribution >= 4 is 23.5 Å². The molecule has 2 N–H and O–H groups in total. The van der Waals surface area contributed by atoms with Crippen LogP contribution < -0.4 is 10.6 Å². The lowest BCUT2D eigenvalue weighted by molar-refractivity contribution is -0.144. The number of benzene rings is 1. The first kappa shape index (κ1) is 24.0. The van der Waals surface area contributed by atoms with Gasteiger partial charge in [0.2, 0.25) is 5.82 Å². The minimum Gasteiger partial charge on any atom is -0.455 e. The van der Waals surface area contributed by atoms with E-state index >= 15 is 0 Å². The van der Waals surface area contributed by atoms with Crippen LogP contribution >= 0.6 is 0 Å². The van der Waals surface area contributed by atoms with E-state index in [0.717, 1.165) is 0 Å². The maximum atomic E-state index is 14.9. The summed E-state index contributed by atoms with van der Waals surface area (Å²) in [5.74, 6) is -0.867. The highest BCUT2D eigenvalue weighted by atomic mass is 19.1. The van der Waals surface area contributed by atoms with Crippen molar-refractivity contribution in [3.63, 3.8) is 0 Å². The van der Waals surface area contributed by atoms with Gasteiger partial charge in [0.15, 0.2) is 6.61 Å². The summed E-state index contributed by atoms with van der Waals surface area (Å²) in [5, 5.41) is 3.79. The van der Waals surface area contributed by atoms with Gasteiger partial charge in [0, 0.05) is 23.7 Å². The van der Waals surface area contributed by atoms with Crippen molar-refractivity contribution in [2.24, 2.45) is 5.73 Å². The topological polar surface area (TPSA) is 151 Å². The van der Waals surface area contributed by atoms with Gasteiger partial charge in [-0.2, -0.15) is 4.98 Å². The van der Waals surface area contributed by atoms with E-state index in [1.165, 1.54) is 24.1 Å². The average molecular weight is 483 g/mol. The fourth-order valence-corrected chi connectivity index (χ4v) is 3.46. The van der Waals surface area contributed by atoms with Crippen LogP contribution in [0.4, 0.5) is 14.9 Å². The molecule has 1 aromatic carbocycles. The number of hydrogen-bond donors (Lipinski definition) is 1. The zero-order valence-corrected chi connectivity index (χ0v) is 18.8. The Balaban J connectivity index is 1.44. The zero-order chi connectivity index (χ0) is 24.9. The molecule has 182 valence electrons. The highest BCUT2D eigenvalue weighted by Crippen LogP contribution is 2.30. The van der Waals surface area contributed by atoms with Gasteiger partial charge in [-0.3, -0.25) is 14.7 Å². The Morgan fingerprint density at radius 1 is 1.29 bits per heavy atom. The summed E-state index contributed by atoms with van der Waals surface area (Å²) < 4.78 is 30.1. The fourth-order valence-electron chi connectivity index (χ4n) is 3.46. The molecule has 1 fully saturated rings. The summed E-state index contributed by atoms with van der Waals surface area (Å²) >= 11 is 0. The van der Waals surface area contributed by atoms with Gasteiger partial charge in [0.1, 0.15) is 23.4 Å². The molecule has 1 amide bonds. The number of halogens is 1. The molecule has 1 saturated heterocycles. The SMILES string of the molecule is CC(=O)CC[C@H]1CN(c2ccc(-c3ccc(-c4noc(COC(=O)CN)n4)nc3)c(F)c2)C(=O)O1. The van der Waals surface area contributed by atoms with Gasteiger partial charge in [-0.15, -0.1) is 0 Å². The molecule has 1 atom stereocenters. The molecule has 1 aliphatic rings. The minimum absolute atomic E-state index is 0.0160. The van der Waals surface area contributed by atoms with Crippen LogP contribution in [0.3, 0.4) is 0 Å². The highest BCUT2D eigenvalue weighted by molar-refractivity contribution is 5.90. The van der Waals surface area contributed by atoms with Crippen LogP contribution in [0.1, 0.15) is 25.7 Å². The predicted molar refractivity (Wildman–Crippen MR) is 119 cm³/mol. The second-order valence-corrected chi connectivity index (χ2v) is 7.83. The number of carbonyl (C=O) groups is 3. The van der Waals surface area contributed by atoms with Crippen molar-refractivity contribution in [3.8, 4) is 22.6 Å². The molecular formula is C23H22FN5O6. The quantitative estimate of drug-likeness (QED) is 0.450. The summed E-state index contributed by atoms with van der Waals surface area (Å²) in [6.07, 6.45) is 1.21. The molecule has 0 radical (unpaired) electrons. The van der Waals surface area contributed by atoms with E-state index in [2.05, 4.69) is 15.1 Å². The molecule has 0 bridgehead atoms. The maximum absolute atomic E-state index is 14.9. The van der Waals surface area contributed by atoms with Gasteiger partial charge in [0.05, 0.1) is 18.8 Å². The lowest BCUT2D eigenvalue weighted by Gasteiger charge is -2.14. The minimum atomic E-state index is -0.602. The Morgan fingerprint density at radius 2 is 2.11 bits per heavy atom. The molecule has 11 nitrogen and oxygen atoms in total. The Hall–Kier alpha value is -4.19. The third kappa shape index (κ3) is 5.66. The third-order valence-corrected chi connectivity index (χ3v) is 5.25. The number of anilines is 1. The lowest BCUT2D eigenvalue weighted by Crippen LogP contribution is -2.24. The van der Waals surface area contributed by atoms with Crippen molar-refractivity contribution in [2.45, 2.75) is 32.5 Å². The number of cyclic esters (lactones) is 1. The molecule has 0 unspecified atom stereocenters.